The van der Waals surface area contributed by atoms with Gasteiger partial charge in [-0.2, -0.15) is 4.73 Å². The van der Waals surface area contributed by atoms with Gasteiger partial charge in [0.1, 0.15) is 37.4 Å². The van der Waals surface area contributed by atoms with Gasteiger partial charge >= 0.3 is 0 Å². The van der Waals surface area contributed by atoms with Crippen molar-refractivity contribution < 1.29 is 33.9 Å². The van der Waals surface area contributed by atoms with Crippen molar-refractivity contribution in [2.45, 2.75) is 109 Å². The molecule has 47 heavy (non-hydrogen) atoms. The zero-order valence-electron chi connectivity index (χ0n) is 27.6. The number of nitrogens with one attached hydrogen (secondary N) is 3. The molecule has 13 heteroatoms. The minimum absolute atomic E-state index is 0.0778. The number of fused-ring (bicyclic) bond motifs is 2. The van der Waals surface area contributed by atoms with E-state index in [9.17, 15) is 33.9 Å². The van der Waals surface area contributed by atoms with E-state index < -0.39 is 59.3 Å². The van der Waals surface area contributed by atoms with E-state index in [1.165, 1.54) is 22.9 Å². The van der Waals surface area contributed by atoms with Gasteiger partial charge in [0.05, 0.1) is 17.3 Å². The molecule has 1 aromatic heterocycles. The summed E-state index contributed by atoms with van der Waals surface area (Å²) in [5.74, 6) is -2.88. The van der Waals surface area contributed by atoms with Crippen molar-refractivity contribution in [3.8, 4) is 0 Å². The van der Waals surface area contributed by atoms with Gasteiger partial charge in [-0.15, -0.1) is 0 Å². The number of ketones is 1. The van der Waals surface area contributed by atoms with E-state index in [-0.39, 0.29) is 41.9 Å². The number of pyridine rings is 1. The van der Waals surface area contributed by atoms with Crippen molar-refractivity contribution in [3.63, 3.8) is 0 Å². The number of hydrogen-bond donors (Lipinski definition) is 4. The monoisotopic (exact) mass is 653 g/mol. The van der Waals surface area contributed by atoms with Crippen LogP contribution in [0.3, 0.4) is 0 Å². The lowest BCUT2D eigenvalue weighted by Gasteiger charge is -2.39. The van der Waals surface area contributed by atoms with E-state index in [1.807, 2.05) is 13.8 Å². The predicted molar refractivity (Wildman–Crippen MR) is 174 cm³/mol. The molecule has 0 radical (unpaired) electrons. The van der Waals surface area contributed by atoms with Gasteiger partial charge in [-0.3, -0.25) is 28.8 Å². The number of hydrogen-bond acceptors (Lipinski definition) is 8. The first-order valence-electron chi connectivity index (χ1n) is 16.6. The van der Waals surface area contributed by atoms with Crippen molar-refractivity contribution >= 4 is 40.3 Å². The first-order valence-corrected chi connectivity index (χ1v) is 16.6. The van der Waals surface area contributed by atoms with Gasteiger partial charge in [0.15, 0.2) is 11.2 Å². The maximum Gasteiger partial charge on any atom is 0.248 e. The van der Waals surface area contributed by atoms with Gasteiger partial charge in [0.25, 0.3) is 0 Å². The van der Waals surface area contributed by atoms with Gasteiger partial charge in [0, 0.05) is 18.4 Å². The van der Waals surface area contributed by atoms with Gasteiger partial charge in [-0.1, -0.05) is 52.2 Å². The Balaban J connectivity index is 1.76. The number of Topliss-reactive ketones (excluding diaryl/α,β-unsaturated/α-hetero) is 1. The van der Waals surface area contributed by atoms with E-state index in [4.69, 9.17) is 4.84 Å². The average molecular weight is 654 g/mol. The topological polar surface area (TPSA) is 176 Å². The molecule has 2 fully saturated rings. The normalized spacial score (nSPS) is 23.8. The number of nitrogens with zero attached hydrogens (tertiary/aromatic N) is 2. The molecule has 4 amide bonds. The van der Waals surface area contributed by atoms with Crippen molar-refractivity contribution in [2.24, 2.45) is 5.92 Å². The second-order valence-electron chi connectivity index (χ2n) is 12.5. The number of unbranched alkanes of at least 4 members (excludes halogenated alkanes) is 1. The first kappa shape index (κ1) is 35.6. The predicted octanol–water partition coefficient (Wildman–Crippen LogP) is 1.53. The quantitative estimate of drug-likeness (QED) is 0.264. The maximum absolute atomic E-state index is 14.2. The summed E-state index contributed by atoms with van der Waals surface area (Å²) < 4.78 is 1.33. The molecule has 6 atom stereocenters. The van der Waals surface area contributed by atoms with Crippen LogP contribution in [0, 0.1) is 5.92 Å². The molecule has 2 aliphatic rings. The zero-order chi connectivity index (χ0) is 34.2. The van der Waals surface area contributed by atoms with E-state index in [2.05, 4.69) is 16.0 Å². The maximum atomic E-state index is 14.2. The van der Waals surface area contributed by atoms with Crippen LogP contribution in [-0.4, -0.2) is 82.0 Å². The Morgan fingerprint density at radius 3 is 2.45 bits per heavy atom. The van der Waals surface area contributed by atoms with Gasteiger partial charge < -0.3 is 30.8 Å². The number of para-hydroxylation sites is 1. The molecule has 3 heterocycles. The first-order chi connectivity index (χ1) is 22.5. The number of carbonyl (C=O) groups excluding carboxylic acids is 5. The van der Waals surface area contributed by atoms with Crippen LogP contribution in [0.15, 0.2) is 35.3 Å². The van der Waals surface area contributed by atoms with Crippen LogP contribution in [0.25, 0.3) is 10.9 Å². The Hall–Kier alpha value is -4.26. The molecule has 2 unspecified atom stereocenters. The summed E-state index contributed by atoms with van der Waals surface area (Å²) in [5, 5.41) is 18.7. The van der Waals surface area contributed by atoms with Gasteiger partial charge in [-0.25, -0.2) is 0 Å². The highest BCUT2D eigenvalue weighted by molar-refractivity contribution is 5.98. The van der Waals surface area contributed by atoms with E-state index in [0.29, 0.717) is 44.2 Å². The van der Waals surface area contributed by atoms with Gasteiger partial charge in [-0.05, 0) is 50.2 Å². The summed E-state index contributed by atoms with van der Waals surface area (Å²) in [7, 11) is 1.41. The molecule has 2 aliphatic heterocycles. The largest absolute Gasteiger partial charge is 0.417 e. The molecule has 4 N–H and O–H groups in total. The smallest absolute Gasteiger partial charge is 0.248 e. The third-order valence-corrected chi connectivity index (χ3v) is 9.40. The standard InChI is InChI=1S/C34H47N5O8/c1-5-20(3)28-34(46)38-18-12-11-16-25(38)32(44)35-23(14-8-10-17-27(41)26(40)6-2)31(43)37-29(33(45)36-28)22-19-39(47-4)24-15-9-7-13-21(24)30(22)42/h7,9,13,15,19-20,23,25,27-29,41H,5-6,8,10-12,14,16-18H2,1-4H3,(H,35,44)(H,36,45)(H,37,43)/t20?,23-,25+,27?,28-,29-/m0/s1. The van der Waals surface area contributed by atoms with Crippen LogP contribution in [-0.2, 0) is 24.0 Å². The molecule has 1 aromatic carbocycles. The molecular formula is C34H47N5O8. The minimum Gasteiger partial charge on any atom is -0.417 e. The van der Waals surface area contributed by atoms with Crippen LogP contribution in [0.5, 0.6) is 0 Å². The van der Waals surface area contributed by atoms with Crippen molar-refractivity contribution in [3.05, 3.63) is 46.2 Å². The van der Waals surface area contributed by atoms with Crippen LogP contribution >= 0.6 is 0 Å². The van der Waals surface area contributed by atoms with Crippen molar-refractivity contribution in [1.82, 2.24) is 25.6 Å². The number of amides is 4. The lowest BCUT2D eigenvalue weighted by atomic mass is 9.93. The van der Waals surface area contributed by atoms with Crippen LogP contribution in [0.1, 0.15) is 90.2 Å². The highest BCUT2D eigenvalue weighted by Gasteiger charge is 2.41. The molecule has 0 spiro atoms. The van der Waals surface area contributed by atoms with E-state index >= 15 is 0 Å². The number of carbonyl (C=O) groups is 5. The molecule has 2 saturated heterocycles. The Bertz CT molecular complexity index is 1540. The molecular weight excluding hydrogens is 606 g/mol. The second-order valence-corrected chi connectivity index (χ2v) is 12.5. The zero-order valence-corrected chi connectivity index (χ0v) is 27.6. The molecule has 0 bridgehead atoms. The third kappa shape index (κ3) is 8.01. The number of rotatable bonds is 11. The Kier molecular flexibility index (Phi) is 12.1. The Labute approximate surface area is 274 Å². The Morgan fingerprint density at radius 2 is 1.74 bits per heavy atom. The number of aliphatic hydroxyl groups excluding tert-OH is 1. The summed E-state index contributed by atoms with van der Waals surface area (Å²) in [6.07, 6.45) is 3.94. The van der Waals surface area contributed by atoms with E-state index in [1.54, 1.807) is 31.2 Å². The fraction of sp³-hybridized carbons (Fsp3) is 0.588. The fourth-order valence-electron chi connectivity index (χ4n) is 6.34. The number of aromatic nitrogens is 1. The fourth-order valence-corrected chi connectivity index (χ4v) is 6.34. The molecule has 13 nitrogen and oxygen atoms in total. The lowest BCUT2D eigenvalue weighted by Crippen LogP contribution is -2.63. The third-order valence-electron chi connectivity index (χ3n) is 9.40. The van der Waals surface area contributed by atoms with E-state index in [0.717, 1.165) is 6.42 Å². The summed E-state index contributed by atoms with van der Waals surface area (Å²) in [4.78, 5) is 88.6. The van der Waals surface area contributed by atoms with Crippen molar-refractivity contribution in [1.29, 1.82) is 0 Å². The number of aliphatic hydroxyl groups is 1. The Morgan fingerprint density at radius 1 is 1.00 bits per heavy atom. The minimum atomic E-state index is -1.53. The van der Waals surface area contributed by atoms with Crippen LogP contribution in [0.2, 0.25) is 0 Å². The second kappa shape index (κ2) is 16.0. The average Bonchev–Trinajstić information content (AvgIpc) is 3.09. The molecule has 2 aromatic rings. The van der Waals surface area contributed by atoms with Crippen molar-refractivity contribution in [2.75, 3.05) is 13.7 Å². The molecule has 0 aliphatic carbocycles. The lowest BCUT2D eigenvalue weighted by molar-refractivity contribution is -0.147. The highest BCUT2D eigenvalue weighted by Crippen LogP contribution is 2.24. The molecule has 256 valence electrons. The molecule has 4 rings (SSSR count). The highest BCUT2D eigenvalue weighted by atomic mass is 16.6. The van der Waals surface area contributed by atoms with Crippen LogP contribution < -0.4 is 26.2 Å². The molecule has 0 saturated carbocycles. The number of piperidine rings is 1. The van der Waals surface area contributed by atoms with Crippen LogP contribution in [0.4, 0.5) is 0 Å². The number of benzene rings is 1. The summed E-state index contributed by atoms with van der Waals surface area (Å²) in [6, 6.07) is 2.23. The summed E-state index contributed by atoms with van der Waals surface area (Å²) >= 11 is 0. The summed E-state index contributed by atoms with van der Waals surface area (Å²) in [5.41, 5.74) is -0.119. The SMILES string of the molecule is CCC(=O)C(O)CCCC[C@@H]1NC(=O)[C@H]2CCCCN2C(=O)[C@H](C(C)CC)NC(=O)[C@H](c2cn(OC)c3ccccc3c2=O)NC1=O. The van der Waals surface area contributed by atoms with Gasteiger partial charge in [0.2, 0.25) is 23.6 Å². The summed E-state index contributed by atoms with van der Waals surface area (Å²) in [6.45, 7) is 5.72.